The minimum absolute atomic E-state index is 0.0601. The fourth-order valence-electron chi connectivity index (χ4n) is 13.2. The first kappa shape index (κ1) is 64.9. The number of aromatic nitrogens is 4. The first-order valence-electron chi connectivity index (χ1n) is 33.8. The van der Waals surface area contributed by atoms with Gasteiger partial charge in [-0.15, -0.1) is 0 Å². The second kappa shape index (κ2) is 29.6. The highest BCUT2D eigenvalue weighted by Gasteiger charge is 2.29. The van der Waals surface area contributed by atoms with Gasteiger partial charge < -0.3 is 9.97 Å². The molecule has 0 atom stereocenters. The fraction of sp³-hybridized carbons (Fsp3) is 0.439. The number of H-pyrrole nitrogens is 2. The van der Waals surface area contributed by atoms with Crippen molar-refractivity contribution in [3.05, 3.63) is 177 Å². The van der Waals surface area contributed by atoms with Gasteiger partial charge in [0.05, 0.1) is 33.8 Å². The van der Waals surface area contributed by atoms with Crippen molar-refractivity contribution in [2.45, 2.75) is 236 Å². The summed E-state index contributed by atoms with van der Waals surface area (Å²) in [7, 11) is -0.917. The quantitative estimate of drug-likeness (QED) is 0.0360. The van der Waals surface area contributed by atoms with E-state index in [1.807, 2.05) is 0 Å². The van der Waals surface area contributed by atoms with Gasteiger partial charge >= 0.3 is 0 Å². The Bertz CT molecular complexity index is 3610. The molecule has 0 spiro atoms. The molecule has 0 saturated carbocycles. The van der Waals surface area contributed by atoms with Gasteiger partial charge in [-0.25, -0.2) is 9.97 Å². The first-order valence-corrected chi connectivity index (χ1v) is 35.2. The molecule has 2 aliphatic heterocycles. The summed E-state index contributed by atoms with van der Waals surface area (Å²) in [5.74, 6) is 3.76. The van der Waals surface area contributed by atoms with Gasteiger partial charge in [-0.2, -0.15) is 0 Å². The van der Waals surface area contributed by atoms with Crippen LogP contribution in [0.4, 0.5) is 0 Å². The number of benzene rings is 4. The highest BCUT2D eigenvalue weighted by Crippen LogP contribution is 2.46. The summed E-state index contributed by atoms with van der Waals surface area (Å²) in [4.78, 5) is 20.7. The molecule has 5 heterocycles. The van der Waals surface area contributed by atoms with Gasteiger partial charge in [0.15, 0.2) is 0 Å². The first-order chi connectivity index (χ1) is 41.9. The van der Waals surface area contributed by atoms with Gasteiger partial charge in [-0.3, -0.25) is 0 Å². The molecular formula is C82H103N4P. The molecule has 4 nitrogen and oxygen atoms in total. The van der Waals surface area contributed by atoms with Crippen molar-refractivity contribution in [1.29, 1.82) is 0 Å². The van der Waals surface area contributed by atoms with Gasteiger partial charge in [0.25, 0.3) is 0 Å². The number of nitrogens with one attached hydrogen (secondary N) is 2. The zero-order chi connectivity index (χ0) is 61.8. The Morgan fingerprint density at radius 2 is 0.851 bits per heavy atom. The van der Waals surface area contributed by atoms with Crippen molar-refractivity contribution in [3.63, 3.8) is 0 Å². The number of allylic oxidation sites excluding steroid dienone is 4. The predicted molar refractivity (Wildman–Crippen MR) is 383 cm³/mol. The molecule has 0 radical (unpaired) electrons. The summed E-state index contributed by atoms with van der Waals surface area (Å²) < 4.78 is 0. The molecule has 9 rings (SSSR count). The van der Waals surface area contributed by atoms with E-state index in [2.05, 4.69) is 234 Å². The van der Waals surface area contributed by atoms with Crippen molar-refractivity contribution >= 4 is 62.9 Å². The number of aryl methyl sites for hydroxylation is 4. The normalized spacial score (nSPS) is 12.9. The van der Waals surface area contributed by atoms with Crippen LogP contribution in [0, 0.1) is 25.4 Å². The molecule has 7 aromatic rings. The molecule has 2 aliphatic rings. The number of fused-ring (bicyclic) bond motifs is 8. The summed E-state index contributed by atoms with van der Waals surface area (Å²) in [6, 6.07) is 43.2. The highest BCUT2D eigenvalue weighted by molar-refractivity contribution is 7.77. The molecule has 4 aromatic carbocycles. The van der Waals surface area contributed by atoms with Crippen molar-refractivity contribution in [2.75, 3.05) is 0 Å². The maximum Gasteiger partial charge on any atom is 0.0769 e. The minimum Gasteiger partial charge on any atom is -0.354 e. The molecular weight excluding hydrogens is 1070 g/mol. The van der Waals surface area contributed by atoms with E-state index in [1.54, 1.807) is 0 Å². The molecule has 87 heavy (non-hydrogen) atoms. The van der Waals surface area contributed by atoms with Gasteiger partial charge in [-0.05, 0) is 192 Å². The molecule has 0 saturated heterocycles. The fourth-order valence-corrected chi connectivity index (χ4v) is 14.9. The maximum absolute atomic E-state index is 6.02. The van der Waals surface area contributed by atoms with Gasteiger partial charge in [-0.1, -0.05) is 249 Å². The molecule has 2 N–H and O–H groups in total. The Hall–Kier alpha value is -6.53. The van der Waals surface area contributed by atoms with Crippen LogP contribution in [0.15, 0.2) is 115 Å². The Morgan fingerprint density at radius 3 is 1.26 bits per heavy atom. The highest BCUT2D eigenvalue weighted by atomic mass is 31.1. The number of hydrogen-bond acceptors (Lipinski definition) is 2. The molecule has 5 heteroatoms. The molecule has 3 aromatic heterocycles. The lowest BCUT2D eigenvalue weighted by molar-refractivity contribution is 0.569. The van der Waals surface area contributed by atoms with Crippen molar-refractivity contribution in [1.82, 2.24) is 19.9 Å². The Morgan fingerprint density at radius 1 is 0.425 bits per heavy atom. The van der Waals surface area contributed by atoms with Gasteiger partial charge in [0, 0.05) is 35.6 Å². The van der Waals surface area contributed by atoms with Crippen molar-refractivity contribution in [3.8, 4) is 33.8 Å². The molecule has 456 valence electrons. The monoisotopic (exact) mass is 1170 g/mol. The molecule has 0 unspecified atom stereocenters. The van der Waals surface area contributed by atoms with Crippen LogP contribution in [0.1, 0.15) is 260 Å². The number of aromatic amines is 2. The van der Waals surface area contributed by atoms with Crippen molar-refractivity contribution < 1.29 is 0 Å². The van der Waals surface area contributed by atoms with E-state index in [4.69, 9.17) is 9.97 Å². The van der Waals surface area contributed by atoms with E-state index >= 15 is 0 Å². The van der Waals surface area contributed by atoms with E-state index in [1.165, 1.54) is 177 Å². The third-order valence-corrected chi connectivity index (χ3v) is 20.6. The Labute approximate surface area is 526 Å². The van der Waals surface area contributed by atoms with Crippen LogP contribution in [0.3, 0.4) is 0 Å². The summed E-state index contributed by atoms with van der Waals surface area (Å²) >= 11 is 0. The topological polar surface area (TPSA) is 57.4 Å². The van der Waals surface area contributed by atoms with E-state index in [-0.39, 0.29) is 10.8 Å². The lowest BCUT2D eigenvalue weighted by Crippen LogP contribution is -2.16. The third kappa shape index (κ3) is 15.3. The van der Waals surface area contributed by atoms with E-state index < -0.39 is 7.92 Å². The summed E-state index contributed by atoms with van der Waals surface area (Å²) in [6.07, 6.45) is 23.0. The van der Waals surface area contributed by atoms with Crippen LogP contribution in [0.25, 0.3) is 66.6 Å². The smallest absolute Gasteiger partial charge is 0.0769 e. The standard InChI is InChI=1S/C82H103N4P/c1-15-19-23-33-44-67-56(5)77-75(61-39-37-38-60(50-61)48-49-87(65-40-29-27-30-41-65)66-42-31-28-32-43-66)78-57(6)68(45-34-24-20-16-2)72(84-78)55-74-70(47-36-26-22-18-4)59(8)80(86-74)76(62-51-63(81(9,10)11)53-64(52-62)82(12,13)14)79-58(7)69(46-35-25-21-17-3)73(85-79)54-71(67)83-77/h27-32,37-43,50-55,85-86H,15-26,33-36,44-47H2,1-14H3. The average Bonchev–Trinajstić information content (AvgIpc) is 1.69. The van der Waals surface area contributed by atoms with Crippen LogP contribution in [0.5, 0.6) is 0 Å². The molecule has 0 fully saturated rings. The zero-order valence-corrected chi connectivity index (χ0v) is 56.8. The summed E-state index contributed by atoms with van der Waals surface area (Å²) in [6.45, 7) is 33.1. The number of hydrogen-bond donors (Lipinski definition) is 2. The summed E-state index contributed by atoms with van der Waals surface area (Å²) in [5, 5.41) is 2.52. The molecule has 0 amide bonds. The lowest BCUT2D eigenvalue weighted by Gasteiger charge is -2.26. The second-order valence-corrected chi connectivity index (χ2v) is 29.3. The number of nitrogens with zero attached hydrogens (tertiary/aromatic N) is 2. The van der Waals surface area contributed by atoms with Crippen LogP contribution < -0.4 is 10.6 Å². The molecule has 0 aliphatic carbocycles. The van der Waals surface area contributed by atoms with Crippen LogP contribution >= 0.6 is 7.92 Å². The minimum atomic E-state index is -0.917. The number of rotatable bonds is 24. The van der Waals surface area contributed by atoms with Crippen molar-refractivity contribution in [2.24, 2.45) is 0 Å². The Kier molecular flexibility index (Phi) is 22.1. The van der Waals surface area contributed by atoms with Gasteiger partial charge in [0.2, 0.25) is 0 Å². The van der Waals surface area contributed by atoms with E-state index in [0.29, 0.717) is 0 Å². The van der Waals surface area contributed by atoms with Crippen LogP contribution in [-0.4, -0.2) is 19.9 Å². The van der Waals surface area contributed by atoms with Crippen LogP contribution in [-0.2, 0) is 23.7 Å². The predicted octanol–water partition coefficient (Wildman–Crippen LogP) is 23.4. The summed E-state index contributed by atoms with van der Waals surface area (Å²) in [5.41, 5.74) is 31.9. The van der Waals surface area contributed by atoms with E-state index in [0.717, 1.165) is 90.8 Å². The number of unbranched alkanes of at least 4 members (excludes halogenated alkanes) is 12. The Balaban J connectivity index is 1.45. The SMILES string of the molecule is CCCCCCC1=C(C)c2nc1cc1[nH]c(c(C)c1CCCCCC)c(-c1cc(C(C)(C)C)cc(C(C)(C)C)c1)c1[nH]c(cc3nc(c2-c2cccc(C#CP(c4ccccc4)c4ccccc4)c2)C(C)=C3CCCCCC)c(CCCCCC)c1C. The zero-order valence-electron chi connectivity index (χ0n) is 56.0. The lowest BCUT2D eigenvalue weighted by atomic mass is 9.78. The maximum atomic E-state index is 6.02. The molecule has 8 bridgehead atoms. The van der Waals surface area contributed by atoms with Crippen LogP contribution in [0.2, 0.25) is 0 Å². The third-order valence-electron chi connectivity index (χ3n) is 18.6. The van der Waals surface area contributed by atoms with E-state index in [9.17, 15) is 0 Å². The second-order valence-electron chi connectivity index (χ2n) is 27.3. The largest absolute Gasteiger partial charge is 0.354 e. The van der Waals surface area contributed by atoms with Gasteiger partial charge in [0.1, 0.15) is 0 Å². The average molecular weight is 1180 g/mol.